The number of carbonyl (C=O) groups excluding carboxylic acids is 1. The predicted octanol–water partition coefficient (Wildman–Crippen LogP) is 3.25. The molecule has 146 valence electrons. The van der Waals surface area contributed by atoms with Gasteiger partial charge in [0.15, 0.2) is 0 Å². The highest BCUT2D eigenvalue weighted by Gasteiger charge is 2.20. The summed E-state index contributed by atoms with van der Waals surface area (Å²) in [4.78, 5) is 36.9. The van der Waals surface area contributed by atoms with Crippen LogP contribution in [0, 0.1) is 5.92 Å². The Balaban J connectivity index is 2.43. The highest BCUT2D eigenvalue weighted by Crippen LogP contribution is 2.34. The van der Waals surface area contributed by atoms with E-state index in [1.165, 1.54) is 11.3 Å². The van der Waals surface area contributed by atoms with Gasteiger partial charge < -0.3 is 20.7 Å². The molecule has 3 rings (SSSR count). The van der Waals surface area contributed by atoms with Gasteiger partial charge in [0, 0.05) is 33.6 Å². The molecule has 2 amide bonds. The van der Waals surface area contributed by atoms with Crippen LogP contribution >= 0.6 is 11.3 Å². The van der Waals surface area contributed by atoms with E-state index in [1.807, 2.05) is 31.4 Å². The van der Waals surface area contributed by atoms with Crippen LogP contribution in [-0.4, -0.2) is 21.7 Å². The van der Waals surface area contributed by atoms with Gasteiger partial charge in [-0.3, -0.25) is 9.59 Å². The molecule has 0 unspecified atom stereocenters. The summed E-state index contributed by atoms with van der Waals surface area (Å²) in [6, 6.07) is 8.55. The van der Waals surface area contributed by atoms with Crippen molar-refractivity contribution in [3.05, 3.63) is 57.3 Å². The van der Waals surface area contributed by atoms with Gasteiger partial charge >= 0.3 is 6.09 Å². The van der Waals surface area contributed by atoms with E-state index in [-0.39, 0.29) is 18.0 Å². The number of pyridine rings is 1. The maximum absolute atomic E-state index is 13.2. The Labute approximate surface area is 165 Å². The number of carbonyl (C=O) groups is 2. The molecule has 0 saturated carbocycles. The summed E-state index contributed by atoms with van der Waals surface area (Å²) >= 11 is 1.48. The first-order chi connectivity index (χ1) is 13.3. The maximum Gasteiger partial charge on any atom is 0.404 e. The molecule has 0 spiro atoms. The molecule has 7 nitrogen and oxygen atoms in total. The van der Waals surface area contributed by atoms with Crippen LogP contribution < -0.4 is 16.6 Å². The first kappa shape index (κ1) is 19.6. The van der Waals surface area contributed by atoms with Crippen LogP contribution in [0.2, 0.25) is 0 Å². The second kappa shape index (κ2) is 7.85. The SMILES string of the molecule is CC(C)Cn1c(CNC(=O)O)c(-c2cccs2)c2cc(C(N)=O)ccc2c1=O. The van der Waals surface area contributed by atoms with Gasteiger partial charge in [-0.25, -0.2) is 4.79 Å². The average Bonchev–Trinajstić information content (AvgIpc) is 3.15. The van der Waals surface area contributed by atoms with E-state index in [2.05, 4.69) is 5.32 Å². The van der Waals surface area contributed by atoms with E-state index in [9.17, 15) is 14.4 Å². The molecule has 3 aromatic rings. The third-order valence-electron chi connectivity index (χ3n) is 4.39. The molecule has 0 aliphatic heterocycles. The minimum absolute atomic E-state index is 0.0265. The second-order valence-electron chi connectivity index (χ2n) is 6.89. The normalized spacial score (nSPS) is 11.1. The molecule has 0 radical (unpaired) electrons. The van der Waals surface area contributed by atoms with Gasteiger partial charge in [-0.2, -0.15) is 0 Å². The molecule has 28 heavy (non-hydrogen) atoms. The van der Waals surface area contributed by atoms with Gasteiger partial charge in [0.1, 0.15) is 0 Å². The number of fused-ring (bicyclic) bond motifs is 1. The van der Waals surface area contributed by atoms with Crippen molar-refractivity contribution in [3.8, 4) is 10.4 Å². The van der Waals surface area contributed by atoms with E-state index < -0.39 is 12.0 Å². The summed E-state index contributed by atoms with van der Waals surface area (Å²) < 4.78 is 1.63. The first-order valence-electron chi connectivity index (χ1n) is 8.79. The molecule has 2 heterocycles. The molecular formula is C20H21N3O4S. The fourth-order valence-corrected chi connectivity index (χ4v) is 4.05. The summed E-state index contributed by atoms with van der Waals surface area (Å²) in [5, 5.41) is 14.5. The average molecular weight is 399 g/mol. The number of amides is 2. The molecular weight excluding hydrogens is 378 g/mol. The number of carboxylic acid groups (broad SMARTS) is 1. The monoisotopic (exact) mass is 399 g/mol. The number of rotatable bonds is 6. The lowest BCUT2D eigenvalue weighted by atomic mass is 9.99. The van der Waals surface area contributed by atoms with Crippen LogP contribution in [0.4, 0.5) is 4.79 Å². The summed E-state index contributed by atoms with van der Waals surface area (Å²) in [5.41, 5.74) is 6.81. The number of primary amides is 1. The Morgan fingerprint density at radius 1 is 1.25 bits per heavy atom. The van der Waals surface area contributed by atoms with Crippen LogP contribution in [0.3, 0.4) is 0 Å². The first-order valence-corrected chi connectivity index (χ1v) is 9.67. The Morgan fingerprint density at radius 2 is 2.00 bits per heavy atom. The number of benzene rings is 1. The second-order valence-corrected chi connectivity index (χ2v) is 7.84. The van der Waals surface area contributed by atoms with Gasteiger partial charge in [0.2, 0.25) is 5.91 Å². The number of nitrogens with one attached hydrogen (secondary N) is 1. The summed E-state index contributed by atoms with van der Waals surface area (Å²) in [6.45, 7) is 4.40. The fraction of sp³-hybridized carbons (Fsp3) is 0.250. The van der Waals surface area contributed by atoms with Crippen LogP contribution in [-0.2, 0) is 13.1 Å². The zero-order valence-corrected chi connectivity index (χ0v) is 16.4. The summed E-state index contributed by atoms with van der Waals surface area (Å²) in [6.07, 6.45) is -1.17. The fourth-order valence-electron chi connectivity index (χ4n) is 3.25. The van der Waals surface area contributed by atoms with Crippen molar-refractivity contribution >= 4 is 34.1 Å². The molecule has 0 fully saturated rings. The van der Waals surface area contributed by atoms with Crippen molar-refractivity contribution in [3.63, 3.8) is 0 Å². The molecule has 0 aliphatic carbocycles. The molecule has 0 aliphatic rings. The van der Waals surface area contributed by atoms with Gasteiger partial charge in [-0.15, -0.1) is 11.3 Å². The standard InChI is InChI=1S/C20H21N3O4S/c1-11(2)10-23-15(9-22-20(26)27)17(16-4-3-7-28-16)14-8-12(18(21)24)5-6-13(14)19(23)25/h3-8,11,22H,9-10H2,1-2H3,(H2,21,24)(H,26,27). The number of aromatic nitrogens is 1. The molecule has 0 atom stereocenters. The Hall–Kier alpha value is -3.13. The van der Waals surface area contributed by atoms with E-state index in [1.54, 1.807) is 22.8 Å². The van der Waals surface area contributed by atoms with Gasteiger partial charge in [-0.1, -0.05) is 19.9 Å². The van der Waals surface area contributed by atoms with Crippen molar-refractivity contribution in [1.29, 1.82) is 0 Å². The van der Waals surface area contributed by atoms with Crippen molar-refractivity contribution in [2.75, 3.05) is 0 Å². The molecule has 0 saturated heterocycles. The zero-order chi connectivity index (χ0) is 20.4. The third-order valence-corrected chi connectivity index (χ3v) is 5.27. The lowest BCUT2D eigenvalue weighted by Gasteiger charge is -2.21. The van der Waals surface area contributed by atoms with Crippen LogP contribution in [0.1, 0.15) is 29.9 Å². The predicted molar refractivity (Wildman–Crippen MR) is 110 cm³/mol. The van der Waals surface area contributed by atoms with Gasteiger partial charge in [-0.05, 0) is 40.9 Å². The van der Waals surface area contributed by atoms with Crippen molar-refractivity contribution in [2.45, 2.75) is 26.9 Å². The highest BCUT2D eigenvalue weighted by atomic mass is 32.1. The molecule has 1 aromatic carbocycles. The largest absolute Gasteiger partial charge is 0.465 e. The number of nitrogens with zero attached hydrogens (tertiary/aromatic N) is 1. The number of hydrogen-bond acceptors (Lipinski definition) is 4. The van der Waals surface area contributed by atoms with Gasteiger partial charge in [0.05, 0.1) is 6.54 Å². The van der Waals surface area contributed by atoms with E-state index in [0.29, 0.717) is 28.6 Å². The van der Waals surface area contributed by atoms with Crippen LogP contribution in [0.25, 0.3) is 21.2 Å². The lowest BCUT2D eigenvalue weighted by molar-refractivity contribution is 0.100. The Kier molecular flexibility index (Phi) is 5.51. The molecule has 4 N–H and O–H groups in total. The number of thiophene rings is 1. The quantitative estimate of drug-likeness (QED) is 0.590. The molecule has 0 bridgehead atoms. The molecule has 8 heteroatoms. The van der Waals surface area contributed by atoms with Crippen molar-refractivity contribution in [1.82, 2.24) is 9.88 Å². The molecule has 2 aromatic heterocycles. The zero-order valence-electron chi connectivity index (χ0n) is 15.6. The van der Waals surface area contributed by atoms with E-state index in [4.69, 9.17) is 10.8 Å². The maximum atomic E-state index is 13.2. The van der Waals surface area contributed by atoms with Crippen LogP contribution in [0.5, 0.6) is 0 Å². The van der Waals surface area contributed by atoms with E-state index in [0.717, 1.165) is 10.4 Å². The third kappa shape index (κ3) is 3.77. The number of nitrogens with two attached hydrogens (primary N) is 1. The van der Waals surface area contributed by atoms with Gasteiger partial charge in [0.25, 0.3) is 5.56 Å². The summed E-state index contributed by atoms with van der Waals surface area (Å²) in [7, 11) is 0. The highest BCUT2D eigenvalue weighted by molar-refractivity contribution is 7.13. The Bertz CT molecular complexity index is 1100. The topological polar surface area (TPSA) is 114 Å². The van der Waals surface area contributed by atoms with Crippen LogP contribution in [0.15, 0.2) is 40.5 Å². The smallest absolute Gasteiger partial charge is 0.404 e. The minimum atomic E-state index is -1.17. The minimum Gasteiger partial charge on any atom is -0.465 e. The summed E-state index contributed by atoms with van der Waals surface area (Å²) in [5.74, 6) is -0.407. The Morgan fingerprint density at radius 3 is 2.57 bits per heavy atom. The lowest BCUT2D eigenvalue weighted by Crippen LogP contribution is -2.31. The van der Waals surface area contributed by atoms with E-state index >= 15 is 0 Å². The number of hydrogen-bond donors (Lipinski definition) is 3. The van der Waals surface area contributed by atoms with Crippen molar-refractivity contribution in [2.24, 2.45) is 11.7 Å². The van der Waals surface area contributed by atoms with Crippen molar-refractivity contribution < 1.29 is 14.7 Å².